The summed E-state index contributed by atoms with van der Waals surface area (Å²) in [6.07, 6.45) is 0. The maximum atomic E-state index is 12.9. The van der Waals surface area contributed by atoms with Crippen LogP contribution in [-0.2, 0) is 6.54 Å². The molecule has 0 bridgehead atoms. The number of hydrogen-bond acceptors (Lipinski definition) is 3. The fourth-order valence-electron chi connectivity index (χ4n) is 2.76. The molecule has 0 aromatic heterocycles. The van der Waals surface area contributed by atoms with E-state index in [4.69, 9.17) is 17.3 Å². The number of rotatable bonds is 3. The predicted molar refractivity (Wildman–Crippen MR) is 104 cm³/mol. The lowest BCUT2D eigenvalue weighted by Gasteiger charge is -2.36. The zero-order chi connectivity index (χ0) is 16.2. The van der Waals surface area contributed by atoms with Crippen molar-refractivity contribution < 1.29 is 4.79 Å². The molecule has 1 atom stereocenters. The molecule has 0 saturated carbocycles. The molecule has 2 aromatic rings. The third kappa shape index (κ3) is 4.25. The van der Waals surface area contributed by atoms with Crippen molar-refractivity contribution in [3.05, 3.63) is 70.2 Å². The average Bonchev–Trinajstić information content (AvgIpc) is 2.62. The number of nitrogens with two attached hydrogens (primary N) is 1. The molecule has 6 heteroatoms. The Morgan fingerprint density at radius 3 is 2.46 bits per heavy atom. The predicted octanol–water partition coefficient (Wildman–Crippen LogP) is 4.15. The molecule has 3 nitrogen and oxygen atoms in total. The molecule has 2 N–H and O–H groups in total. The van der Waals surface area contributed by atoms with Crippen LogP contribution >= 0.6 is 35.8 Å². The van der Waals surface area contributed by atoms with Gasteiger partial charge in [-0.1, -0.05) is 35.9 Å². The molecule has 1 saturated heterocycles. The molecular formula is C18H20Cl2N2OS. The van der Waals surface area contributed by atoms with Gasteiger partial charge >= 0.3 is 0 Å². The van der Waals surface area contributed by atoms with Gasteiger partial charge in [-0.3, -0.25) is 4.79 Å². The summed E-state index contributed by atoms with van der Waals surface area (Å²) in [6.45, 7) is 1.25. The summed E-state index contributed by atoms with van der Waals surface area (Å²) in [5.74, 6) is 1.96. The molecule has 1 heterocycles. The highest BCUT2D eigenvalue weighted by Crippen LogP contribution is 2.31. The Kier molecular flexibility index (Phi) is 6.99. The van der Waals surface area contributed by atoms with Crippen LogP contribution in [0.2, 0.25) is 5.02 Å². The van der Waals surface area contributed by atoms with Gasteiger partial charge in [0.15, 0.2) is 0 Å². The normalized spacial score (nSPS) is 17.2. The van der Waals surface area contributed by atoms with Crippen molar-refractivity contribution in [2.45, 2.75) is 12.6 Å². The number of halogens is 2. The Bertz CT molecular complexity index is 676. The minimum atomic E-state index is 0. The second-order valence-corrected chi connectivity index (χ2v) is 7.13. The molecule has 1 aliphatic heterocycles. The van der Waals surface area contributed by atoms with Crippen molar-refractivity contribution in [3.8, 4) is 0 Å². The van der Waals surface area contributed by atoms with E-state index < -0.39 is 0 Å². The largest absolute Gasteiger partial charge is 0.330 e. The molecule has 1 amide bonds. The van der Waals surface area contributed by atoms with Crippen molar-refractivity contribution in [1.29, 1.82) is 0 Å². The Morgan fingerprint density at radius 2 is 1.83 bits per heavy atom. The average molecular weight is 383 g/mol. The van der Waals surface area contributed by atoms with Gasteiger partial charge in [0.05, 0.1) is 6.04 Å². The number of hydrogen-bond donors (Lipinski definition) is 1. The number of benzene rings is 2. The van der Waals surface area contributed by atoms with Crippen LogP contribution in [-0.4, -0.2) is 28.9 Å². The van der Waals surface area contributed by atoms with E-state index in [1.807, 2.05) is 65.2 Å². The molecule has 0 radical (unpaired) electrons. The molecular weight excluding hydrogens is 363 g/mol. The molecule has 24 heavy (non-hydrogen) atoms. The van der Waals surface area contributed by atoms with E-state index in [-0.39, 0.29) is 24.4 Å². The summed E-state index contributed by atoms with van der Waals surface area (Å²) in [4.78, 5) is 14.9. The SMILES string of the molecule is Cl.NCc1ccc(C(=O)N2CCSCC2c2ccc(Cl)cc2)cc1. The van der Waals surface area contributed by atoms with Crippen LogP contribution in [0.1, 0.15) is 27.5 Å². The minimum Gasteiger partial charge on any atom is -0.330 e. The van der Waals surface area contributed by atoms with E-state index in [9.17, 15) is 4.79 Å². The number of thioether (sulfide) groups is 1. The molecule has 0 aliphatic carbocycles. The number of nitrogens with zero attached hydrogens (tertiary/aromatic N) is 1. The minimum absolute atomic E-state index is 0. The van der Waals surface area contributed by atoms with E-state index >= 15 is 0 Å². The van der Waals surface area contributed by atoms with Gasteiger partial charge in [0.2, 0.25) is 0 Å². The molecule has 1 aliphatic rings. The van der Waals surface area contributed by atoms with E-state index in [2.05, 4.69) is 0 Å². The van der Waals surface area contributed by atoms with Gasteiger partial charge in [0, 0.05) is 35.2 Å². The van der Waals surface area contributed by atoms with E-state index in [1.165, 1.54) is 0 Å². The lowest BCUT2D eigenvalue weighted by atomic mass is 10.0. The summed E-state index contributed by atoms with van der Waals surface area (Å²) in [5.41, 5.74) is 8.50. The van der Waals surface area contributed by atoms with Crippen molar-refractivity contribution in [2.24, 2.45) is 5.73 Å². The number of carbonyl (C=O) groups is 1. The number of amides is 1. The lowest BCUT2D eigenvalue weighted by molar-refractivity contribution is 0.0701. The van der Waals surface area contributed by atoms with Crippen molar-refractivity contribution in [3.63, 3.8) is 0 Å². The molecule has 3 rings (SSSR count). The van der Waals surface area contributed by atoms with Crippen LogP contribution in [0.25, 0.3) is 0 Å². The van der Waals surface area contributed by atoms with Crippen LogP contribution < -0.4 is 5.73 Å². The van der Waals surface area contributed by atoms with Gasteiger partial charge in [-0.25, -0.2) is 0 Å². The highest BCUT2D eigenvalue weighted by Gasteiger charge is 2.28. The van der Waals surface area contributed by atoms with Gasteiger partial charge in [0.1, 0.15) is 0 Å². The van der Waals surface area contributed by atoms with E-state index in [0.717, 1.165) is 29.2 Å². The third-order valence-electron chi connectivity index (χ3n) is 4.08. The van der Waals surface area contributed by atoms with Gasteiger partial charge in [0.25, 0.3) is 5.91 Å². The smallest absolute Gasteiger partial charge is 0.254 e. The second kappa shape index (κ2) is 8.77. The Labute approximate surface area is 158 Å². The maximum absolute atomic E-state index is 12.9. The summed E-state index contributed by atoms with van der Waals surface area (Å²) in [6, 6.07) is 15.5. The molecule has 2 aromatic carbocycles. The van der Waals surface area contributed by atoms with Gasteiger partial charge in [-0.2, -0.15) is 11.8 Å². The zero-order valence-electron chi connectivity index (χ0n) is 13.2. The monoisotopic (exact) mass is 382 g/mol. The van der Waals surface area contributed by atoms with E-state index in [1.54, 1.807) is 0 Å². The summed E-state index contributed by atoms with van der Waals surface area (Å²) < 4.78 is 0. The molecule has 0 spiro atoms. The van der Waals surface area contributed by atoms with Gasteiger partial charge in [-0.05, 0) is 35.4 Å². The second-order valence-electron chi connectivity index (χ2n) is 5.54. The Hall–Kier alpha value is -1.20. The van der Waals surface area contributed by atoms with Crippen molar-refractivity contribution in [1.82, 2.24) is 4.90 Å². The standard InChI is InChI=1S/C18H19ClN2OS.ClH/c19-16-7-5-14(6-8-16)17-12-23-10-9-21(17)18(22)15-3-1-13(11-20)2-4-15;/h1-8,17H,9-12,20H2;1H. The molecule has 1 fully saturated rings. The molecule has 128 valence electrons. The first-order chi connectivity index (χ1) is 11.2. The quantitative estimate of drug-likeness (QED) is 0.866. The highest BCUT2D eigenvalue weighted by molar-refractivity contribution is 7.99. The van der Waals surface area contributed by atoms with Crippen LogP contribution in [0.3, 0.4) is 0 Å². The fourth-order valence-corrected chi connectivity index (χ4v) is 3.97. The van der Waals surface area contributed by atoms with Crippen molar-refractivity contribution in [2.75, 3.05) is 18.1 Å². The summed E-state index contributed by atoms with van der Waals surface area (Å²) >= 11 is 7.86. The van der Waals surface area contributed by atoms with Crippen LogP contribution in [0.5, 0.6) is 0 Å². The van der Waals surface area contributed by atoms with Crippen LogP contribution in [0.4, 0.5) is 0 Å². The summed E-state index contributed by atoms with van der Waals surface area (Å²) in [7, 11) is 0. The number of carbonyl (C=O) groups excluding carboxylic acids is 1. The topological polar surface area (TPSA) is 46.3 Å². The Morgan fingerprint density at radius 1 is 1.17 bits per heavy atom. The first kappa shape index (κ1) is 19.1. The van der Waals surface area contributed by atoms with Crippen LogP contribution in [0.15, 0.2) is 48.5 Å². The first-order valence-corrected chi connectivity index (χ1v) is 9.15. The zero-order valence-corrected chi connectivity index (χ0v) is 15.5. The molecule has 1 unspecified atom stereocenters. The fraction of sp³-hybridized carbons (Fsp3) is 0.278. The first-order valence-electron chi connectivity index (χ1n) is 7.62. The highest BCUT2D eigenvalue weighted by atomic mass is 35.5. The summed E-state index contributed by atoms with van der Waals surface area (Å²) in [5, 5.41) is 0.715. The lowest BCUT2D eigenvalue weighted by Crippen LogP contribution is -2.40. The maximum Gasteiger partial charge on any atom is 0.254 e. The van der Waals surface area contributed by atoms with Crippen molar-refractivity contribution >= 4 is 41.7 Å². The van der Waals surface area contributed by atoms with E-state index in [0.29, 0.717) is 17.1 Å². The Balaban J connectivity index is 0.00000208. The van der Waals surface area contributed by atoms with Gasteiger partial charge in [-0.15, -0.1) is 12.4 Å². The third-order valence-corrected chi connectivity index (χ3v) is 5.36. The van der Waals surface area contributed by atoms with Gasteiger partial charge < -0.3 is 10.6 Å². The van der Waals surface area contributed by atoms with Crippen LogP contribution in [0, 0.1) is 0 Å².